The van der Waals surface area contributed by atoms with Crippen LogP contribution in [0.2, 0.25) is 0 Å². The number of hydrogen-bond acceptors (Lipinski definition) is 5. The lowest BCUT2D eigenvalue weighted by Gasteiger charge is -2.19. The predicted molar refractivity (Wildman–Crippen MR) is 117 cm³/mol. The first-order valence-electron chi connectivity index (χ1n) is 9.91. The average Bonchev–Trinajstić information content (AvgIpc) is 3.12. The number of anilines is 1. The van der Waals surface area contributed by atoms with Crippen molar-refractivity contribution in [3.05, 3.63) is 39.6 Å². The van der Waals surface area contributed by atoms with Crippen LogP contribution in [0.3, 0.4) is 0 Å². The van der Waals surface area contributed by atoms with Gasteiger partial charge in [-0.2, -0.15) is 4.31 Å². The molecule has 0 saturated carbocycles. The monoisotopic (exact) mass is 436 g/mol. The van der Waals surface area contributed by atoms with Crippen LogP contribution in [0.25, 0.3) is 0 Å². The fourth-order valence-electron chi connectivity index (χ4n) is 3.66. The Kier molecular flexibility index (Phi) is 6.65. The number of nitrogens with one attached hydrogen (secondary N) is 1. The molecule has 0 saturated heterocycles. The van der Waals surface area contributed by atoms with Gasteiger partial charge >= 0.3 is 0 Å². The molecule has 1 amide bonds. The molecule has 158 valence electrons. The molecule has 1 aromatic heterocycles. The van der Waals surface area contributed by atoms with E-state index in [1.54, 1.807) is 19.9 Å². The van der Waals surface area contributed by atoms with Gasteiger partial charge in [-0.05, 0) is 55.0 Å². The van der Waals surface area contributed by atoms with Crippen LogP contribution < -0.4 is 10.1 Å². The lowest BCUT2D eigenvalue weighted by atomic mass is 9.90. The van der Waals surface area contributed by atoms with Crippen molar-refractivity contribution >= 4 is 33.0 Å². The van der Waals surface area contributed by atoms with Gasteiger partial charge in [-0.15, -0.1) is 11.3 Å². The summed E-state index contributed by atoms with van der Waals surface area (Å²) in [4.78, 5) is 14.9. The molecule has 1 aliphatic rings. The van der Waals surface area contributed by atoms with Gasteiger partial charge in [0.05, 0.1) is 22.6 Å². The van der Waals surface area contributed by atoms with E-state index in [-0.39, 0.29) is 10.8 Å². The van der Waals surface area contributed by atoms with Crippen molar-refractivity contribution < 1.29 is 17.9 Å². The van der Waals surface area contributed by atoms with E-state index >= 15 is 0 Å². The maximum Gasteiger partial charge on any atom is 0.265 e. The molecule has 2 aromatic rings. The van der Waals surface area contributed by atoms with Crippen molar-refractivity contribution in [1.29, 1.82) is 0 Å². The summed E-state index contributed by atoms with van der Waals surface area (Å²) in [5.74, 6) is 0.814. The second-order valence-electron chi connectivity index (χ2n) is 7.31. The largest absolute Gasteiger partial charge is 0.495 e. The summed E-state index contributed by atoms with van der Waals surface area (Å²) in [5, 5.41) is 2.85. The van der Waals surface area contributed by atoms with E-state index in [4.69, 9.17) is 4.74 Å². The molecule has 1 unspecified atom stereocenters. The molecule has 1 N–H and O–H groups in total. The zero-order valence-electron chi connectivity index (χ0n) is 17.3. The number of benzene rings is 1. The van der Waals surface area contributed by atoms with E-state index in [1.165, 1.54) is 45.3 Å². The summed E-state index contributed by atoms with van der Waals surface area (Å²) in [6.07, 6.45) is 3.16. The van der Waals surface area contributed by atoms with Crippen molar-refractivity contribution in [3.8, 4) is 5.75 Å². The quantitative estimate of drug-likeness (QED) is 0.707. The minimum Gasteiger partial charge on any atom is -0.495 e. The normalized spacial score (nSPS) is 16.5. The first-order chi connectivity index (χ1) is 13.8. The summed E-state index contributed by atoms with van der Waals surface area (Å²) >= 11 is 1.52. The van der Waals surface area contributed by atoms with Crippen LogP contribution in [0.5, 0.6) is 5.75 Å². The molecule has 1 aromatic carbocycles. The lowest BCUT2D eigenvalue weighted by Crippen LogP contribution is -2.30. The third kappa shape index (κ3) is 4.49. The predicted octanol–water partition coefficient (Wildman–Crippen LogP) is 4.16. The Morgan fingerprint density at radius 1 is 1.28 bits per heavy atom. The van der Waals surface area contributed by atoms with Gasteiger partial charge in [0.2, 0.25) is 10.0 Å². The Balaban J connectivity index is 1.89. The molecule has 1 heterocycles. The van der Waals surface area contributed by atoms with Crippen LogP contribution >= 0.6 is 11.3 Å². The van der Waals surface area contributed by atoms with Crippen LogP contribution in [0.4, 0.5) is 5.69 Å². The highest BCUT2D eigenvalue weighted by Crippen LogP contribution is 2.34. The minimum atomic E-state index is -3.63. The number of nitrogens with zero attached hydrogens (tertiary/aromatic N) is 1. The standard InChI is InChI=1S/C21H28N2O4S2/c1-5-23(6-2)29(25,26)16-8-9-18(27-4)17(13-16)22-21(24)20-12-15-11-14(3)7-10-19(15)28-20/h8-9,12-14H,5-7,10-11H2,1-4H3,(H,22,24). The van der Waals surface area contributed by atoms with E-state index in [0.29, 0.717) is 35.3 Å². The Morgan fingerprint density at radius 3 is 2.66 bits per heavy atom. The Morgan fingerprint density at radius 2 is 2.00 bits per heavy atom. The van der Waals surface area contributed by atoms with Crippen LogP contribution in [-0.2, 0) is 22.9 Å². The fourth-order valence-corrected chi connectivity index (χ4v) is 6.25. The van der Waals surface area contributed by atoms with Crippen LogP contribution in [0, 0.1) is 5.92 Å². The molecule has 0 bridgehead atoms. The van der Waals surface area contributed by atoms with Crippen molar-refractivity contribution in [3.63, 3.8) is 0 Å². The number of methoxy groups -OCH3 is 1. The van der Waals surface area contributed by atoms with Crippen molar-refractivity contribution in [2.75, 3.05) is 25.5 Å². The molecule has 0 aliphatic heterocycles. The Hall–Kier alpha value is -1.90. The number of thiophene rings is 1. The number of amides is 1. The molecular formula is C21H28N2O4S2. The minimum absolute atomic E-state index is 0.136. The first-order valence-corrected chi connectivity index (χ1v) is 12.2. The molecule has 3 rings (SSSR count). The smallest absolute Gasteiger partial charge is 0.265 e. The second kappa shape index (κ2) is 8.85. The van der Waals surface area contributed by atoms with Crippen LogP contribution in [0.15, 0.2) is 29.2 Å². The number of carbonyl (C=O) groups excluding carboxylic acids is 1. The van der Waals surface area contributed by atoms with E-state index in [2.05, 4.69) is 12.2 Å². The second-order valence-corrected chi connectivity index (χ2v) is 10.4. The molecular weight excluding hydrogens is 408 g/mol. The van der Waals surface area contributed by atoms with Gasteiger partial charge in [0.25, 0.3) is 5.91 Å². The highest BCUT2D eigenvalue weighted by molar-refractivity contribution is 7.89. The molecule has 8 heteroatoms. The molecule has 29 heavy (non-hydrogen) atoms. The maximum atomic E-state index is 12.9. The van der Waals surface area contributed by atoms with E-state index in [0.717, 1.165) is 19.3 Å². The molecule has 1 atom stereocenters. The lowest BCUT2D eigenvalue weighted by molar-refractivity contribution is 0.103. The Bertz CT molecular complexity index is 994. The number of rotatable bonds is 7. The number of hydrogen-bond donors (Lipinski definition) is 1. The number of ether oxygens (including phenoxy) is 1. The van der Waals surface area contributed by atoms with Crippen molar-refractivity contribution in [2.24, 2.45) is 5.92 Å². The average molecular weight is 437 g/mol. The van der Waals surface area contributed by atoms with Gasteiger partial charge in [-0.25, -0.2) is 8.42 Å². The number of sulfonamides is 1. The SMILES string of the molecule is CCN(CC)S(=O)(=O)c1ccc(OC)c(NC(=O)c2cc3c(s2)CCC(C)C3)c1. The Labute approximate surface area is 176 Å². The zero-order valence-corrected chi connectivity index (χ0v) is 19.0. The third-order valence-electron chi connectivity index (χ3n) is 5.32. The van der Waals surface area contributed by atoms with Gasteiger partial charge in [-0.1, -0.05) is 20.8 Å². The molecule has 1 aliphatic carbocycles. The summed E-state index contributed by atoms with van der Waals surface area (Å²) in [7, 11) is -2.13. The van der Waals surface area contributed by atoms with Gasteiger partial charge in [0.15, 0.2) is 0 Å². The van der Waals surface area contributed by atoms with Gasteiger partial charge < -0.3 is 10.1 Å². The van der Waals surface area contributed by atoms with E-state index < -0.39 is 10.0 Å². The van der Waals surface area contributed by atoms with Crippen molar-refractivity contribution in [2.45, 2.75) is 44.9 Å². The van der Waals surface area contributed by atoms with Gasteiger partial charge in [0.1, 0.15) is 5.75 Å². The van der Waals surface area contributed by atoms with Crippen LogP contribution in [0.1, 0.15) is 47.3 Å². The third-order valence-corrected chi connectivity index (χ3v) is 8.60. The van der Waals surface area contributed by atoms with Gasteiger partial charge in [-0.3, -0.25) is 4.79 Å². The first kappa shape index (κ1) is 21.8. The van der Waals surface area contributed by atoms with Crippen LogP contribution in [-0.4, -0.2) is 38.8 Å². The van der Waals surface area contributed by atoms with E-state index in [1.807, 2.05) is 6.07 Å². The number of aryl methyl sites for hydroxylation is 1. The zero-order chi connectivity index (χ0) is 21.2. The summed E-state index contributed by atoms with van der Waals surface area (Å²) in [6, 6.07) is 6.52. The van der Waals surface area contributed by atoms with E-state index in [9.17, 15) is 13.2 Å². The molecule has 6 nitrogen and oxygen atoms in total. The number of fused-ring (bicyclic) bond motifs is 1. The highest BCUT2D eigenvalue weighted by Gasteiger charge is 2.24. The van der Waals surface area contributed by atoms with Gasteiger partial charge in [0, 0.05) is 18.0 Å². The maximum absolute atomic E-state index is 12.9. The number of carbonyl (C=O) groups is 1. The topological polar surface area (TPSA) is 75.7 Å². The molecule has 0 fully saturated rings. The fraction of sp³-hybridized carbons (Fsp3) is 0.476. The summed E-state index contributed by atoms with van der Waals surface area (Å²) < 4.78 is 32.4. The molecule has 0 spiro atoms. The molecule has 0 radical (unpaired) electrons. The summed E-state index contributed by atoms with van der Waals surface area (Å²) in [6.45, 7) is 6.59. The summed E-state index contributed by atoms with van der Waals surface area (Å²) in [5.41, 5.74) is 1.61. The van der Waals surface area contributed by atoms with Crippen molar-refractivity contribution in [1.82, 2.24) is 4.31 Å². The highest BCUT2D eigenvalue weighted by atomic mass is 32.2.